The van der Waals surface area contributed by atoms with Gasteiger partial charge in [0.15, 0.2) is 0 Å². The molecule has 0 aliphatic carbocycles. The summed E-state index contributed by atoms with van der Waals surface area (Å²) in [6.45, 7) is 4.86. The molecule has 1 amide bonds. The first-order valence-corrected chi connectivity index (χ1v) is 10.9. The molecule has 0 saturated carbocycles. The van der Waals surface area contributed by atoms with Crippen LogP contribution in [-0.2, 0) is 19.8 Å². The fourth-order valence-corrected chi connectivity index (χ4v) is 3.52. The second kappa shape index (κ2) is 11.0. The van der Waals surface area contributed by atoms with Gasteiger partial charge in [-0.1, -0.05) is 17.7 Å². The normalized spacial score (nSPS) is 12.2. The Hall–Kier alpha value is -3.59. The number of alkyl halides is 1. The number of amides is 1. The van der Waals surface area contributed by atoms with Crippen LogP contribution in [0, 0.1) is 13.8 Å². The minimum absolute atomic E-state index is 0.000600. The van der Waals surface area contributed by atoms with E-state index in [1.807, 2.05) is 6.92 Å². The van der Waals surface area contributed by atoms with E-state index in [1.165, 1.54) is 29.2 Å². The van der Waals surface area contributed by atoms with E-state index in [0.29, 0.717) is 22.1 Å². The lowest BCUT2D eigenvalue weighted by atomic mass is 10.1. The molecule has 0 unspecified atom stereocenters. The summed E-state index contributed by atoms with van der Waals surface area (Å²) in [5.41, 5.74) is 9.00. The van der Waals surface area contributed by atoms with Crippen molar-refractivity contribution >= 4 is 29.2 Å². The van der Waals surface area contributed by atoms with E-state index in [4.69, 9.17) is 17.3 Å². The average Bonchev–Trinajstić information content (AvgIpc) is 3.21. The molecule has 0 atom stereocenters. The maximum atomic E-state index is 14.6. The van der Waals surface area contributed by atoms with Gasteiger partial charge >= 0.3 is 0 Å². The first-order valence-electron chi connectivity index (χ1n) is 10.5. The number of hydrogen-bond acceptors (Lipinski definition) is 5. The van der Waals surface area contributed by atoms with Gasteiger partial charge < -0.3 is 11.1 Å². The molecule has 0 aliphatic rings. The topological polar surface area (TPSA) is 98.7 Å². The number of nitrogens with one attached hydrogen (secondary N) is 1. The highest BCUT2D eigenvalue weighted by molar-refractivity contribution is 6.30. The molecule has 10 heteroatoms. The lowest BCUT2D eigenvalue weighted by Gasteiger charge is -2.11. The molecule has 7 nitrogen and oxygen atoms in total. The summed E-state index contributed by atoms with van der Waals surface area (Å²) in [4.78, 5) is 20.9. The number of carbonyl (C=O) groups is 1. The largest absolute Gasteiger partial charge is 0.384 e. The Kier molecular flexibility index (Phi) is 8.12. The molecule has 0 fully saturated rings. The van der Waals surface area contributed by atoms with Crippen molar-refractivity contribution in [3.63, 3.8) is 0 Å². The van der Waals surface area contributed by atoms with Crippen molar-refractivity contribution in [1.29, 1.82) is 0 Å². The number of aromatic nitrogens is 4. The molecule has 3 rings (SSSR count). The van der Waals surface area contributed by atoms with E-state index in [1.54, 1.807) is 32.1 Å². The molecule has 0 spiro atoms. The Morgan fingerprint density at radius 3 is 2.71 bits per heavy atom. The Morgan fingerprint density at radius 2 is 2.09 bits per heavy atom. The van der Waals surface area contributed by atoms with Crippen LogP contribution in [0.1, 0.15) is 45.5 Å². The highest BCUT2D eigenvalue weighted by Crippen LogP contribution is 2.20. The number of nitrogens with two attached hydrogens (primary N) is 1. The molecule has 178 valence electrons. The number of aryl methyl sites for hydroxylation is 2. The zero-order chi connectivity index (χ0) is 24.8. The van der Waals surface area contributed by atoms with Crippen LogP contribution in [0.5, 0.6) is 0 Å². The number of rotatable bonds is 8. The van der Waals surface area contributed by atoms with Gasteiger partial charge in [0.2, 0.25) is 0 Å². The number of nitrogen functional groups attached to an aromatic ring is 1. The average molecular weight is 487 g/mol. The highest BCUT2D eigenvalue weighted by Gasteiger charge is 2.18. The van der Waals surface area contributed by atoms with Crippen LogP contribution < -0.4 is 11.1 Å². The summed E-state index contributed by atoms with van der Waals surface area (Å²) in [5, 5.41) is 7.35. The monoisotopic (exact) mass is 486 g/mol. The van der Waals surface area contributed by atoms with Crippen molar-refractivity contribution in [2.24, 2.45) is 0 Å². The lowest BCUT2D eigenvalue weighted by Crippen LogP contribution is -2.24. The van der Waals surface area contributed by atoms with Crippen LogP contribution >= 0.6 is 11.6 Å². The number of halogens is 3. The van der Waals surface area contributed by atoms with Crippen molar-refractivity contribution in [3.05, 3.63) is 87.1 Å². The summed E-state index contributed by atoms with van der Waals surface area (Å²) in [6.07, 6.45) is 5.81. The predicted molar refractivity (Wildman–Crippen MR) is 128 cm³/mol. The smallest absolute Gasteiger partial charge is 0.255 e. The molecule has 3 N–H and O–H groups in total. The molecule has 0 radical (unpaired) electrons. The fourth-order valence-electron chi connectivity index (χ4n) is 3.41. The maximum absolute atomic E-state index is 14.6. The van der Waals surface area contributed by atoms with E-state index in [2.05, 4.69) is 20.4 Å². The van der Waals surface area contributed by atoms with Crippen molar-refractivity contribution in [1.82, 2.24) is 25.1 Å². The third-order valence-electron chi connectivity index (χ3n) is 5.21. The second-order valence-corrected chi connectivity index (χ2v) is 8.09. The van der Waals surface area contributed by atoms with Gasteiger partial charge in [-0.15, -0.1) is 0 Å². The number of carbonyl (C=O) groups excluding carboxylic acids is 1. The summed E-state index contributed by atoms with van der Waals surface area (Å²) in [5.74, 6) is -0.615. The number of nitrogens with zero attached hydrogens (tertiary/aromatic N) is 4. The van der Waals surface area contributed by atoms with Crippen LogP contribution in [0.3, 0.4) is 0 Å². The van der Waals surface area contributed by atoms with Crippen LogP contribution in [0.25, 0.3) is 5.83 Å². The minimum atomic E-state index is -0.915. The Labute approximate surface area is 201 Å². The van der Waals surface area contributed by atoms with Gasteiger partial charge in [0.1, 0.15) is 24.0 Å². The van der Waals surface area contributed by atoms with Crippen LogP contribution in [0.2, 0.25) is 5.02 Å². The van der Waals surface area contributed by atoms with Crippen molar-refractivity contribution < 1.29 is 13.6 Å². The standard InChI is InChI=1S/C24H25ClF2N6O/c1-4-16(8-20(27)21-6-5-17(25)10-29-21)12-33-13-19(22(9-26)32-33)24(34)30-11-18-14(2)7-23(28)31-15(18)3/h4-8,10,13H,9,11-12H2,1-3H3,(H2,28,31)(H,30,34)/b16-4+,20-8+. The molecule has 3 heterocycles. The molecule has 0 saturated heterocycles. The number of hydrogen-bond donors (Lipinski definition) is 2. The van der Waals surface area contributed by atoms with Gasteiger partial charge in [-0.3, -0.25) is 14.5 Å². The van der Waals surface area contributed by atoms with Gasteiger partial charge in [-0.2, -0.15) is 5.10 Å². The zero-order valence-corrected chi connectivity index (χ0v) is 19.8. The Bertz CT molecular complexity index is 1230. The SMILES string of the molecule is C/C=C(\C=C(\F)c1ccc(Cl)cn1)Cn1cc(C(=O)NCc2c(C)cc(N)nc2C)c(CF)n1. The highest BCUT2D eigenvalue weighted by atomic mass is 35.5. The van der Waals surface area contributed by atoms with E-state index in [-0.39, 0.29) is 30.0 Å². The first kappa shape index (κ1) is 25.0. The summed E-state index contributed by atoms with van der Waals surface area (Å²) in [7, 11) is 0. The van der Waals surface area contributed by atoms with Gasteiger partial charge in [-0.25, -0.2) is 13.8 Å². The molecular formula is C24H25ClF2N6O. The van der Waals surface area contributed by atoms with E-state index in [0.717, 1.165) is 11.1 Å². The third-order valence-corrected chi connectivity index (χ3v) is 5.43. The number of anilines is 1. The maximum Gasteiger partial charge on any atom is 0.255 e. The molecule has 0 bridgehead atoms. The van der Waals surface area contributed by atoms with Gasteiger partial charge in [0, 0.05) is 24.6 Å². The Morgan fingerprint density at radius 1 is 1.32 bits per heavy atom. The molecule has 34 heavy (non-hydrogen) atoms. The Balaban J connectivity index is 1.75. The van der Waals surface area contributed by atoms with Gasteiger partial charge in [-0.05, 0) is 61.7 Å². The summed E-state index contributed by atoms with van der Waals surface area (Å²) >= 11 is 5.79. The lowest BCUT2D eigenvalue weighted by molar-refractivity contribution is 0.0949. The van der Waals surface area contributed by atoms with E-state index < -0.39 is 18.4 Å². The molecule has 0 aromatic carbocycles. The molecular weight excluding hydrogens is 462 g/mol. The fraction of sp³-hybridized carbons (Fsp3) is 0.250. The van der Waals surface area contributed by atoms with Gasteiger partial charge in [0.05, 0.1) is 22.8 Å². The molecule has 3 aromatic rings. The summed E-state index contributed by atoms with van der Waals surface area (Å²) < 4.78 is 29.6. The quantitative estimate of drug-likeness (QED) is 0.442. The minimum Gasteiger partial charge on any atom is -0.384 e. The second-order valence-electron chi connectivity index (χ2n) is 7.65. The van der Waals surface area contributed by atoms with Crippen LogP contribution in [0.4, 0.5) is 14.6 Å². The van der Waals surface area contributed by atoms with Crippen molar-refractivity contribution in [3.8, 4) is 0 Å². The van der Waals surface area contributed by atoms with Crippen molar-refractivity contribution in [2.75, 3.05) is 5.73 Å². The first-order chi connectivity index (χ1) is 16.2. The van der Waals surface area contributed by atoms with Crippen LogP contribution in [-0.4, -0.2) is 25.7 Å². The van der Waals surface area contributed by atoms with Crippen molar-refractivity contribution in [2.45, 2.75) is 40.5 Å². The summed E-state index contributed by atoms with van der Waals surface area (Å²) in [6, 6.07) is 4.74. The van der Waals surface area contributed by atoms with E-state index in [9.17, 15) is 13.6 Å². The third kappa shape index (κ3) is 6.05. The van der Waals surface area contributed by atoms with E-state index >= 15 is 0 Å². The molecule has 3 aromatic heterocycles. The predicted octanol–water partition coefficient (Wildman–Crippen LogP) is 4.88. The molecule has 0 aliphatic heterocycles. The van der Waals surface area contributed by atoms with Crippen LogP contribution in [0.15, 0.2) is 48.3 Å². The number of allylic oxidation sites excluding steroid dienone is 3. The zero-order valence-electron chi connectivity index (χ0n) is 19.1. The number of pyridine rings is 2. The van der Waals surface area contributed by atoms with Gasteiger partial charge in [0.25, 0.3) is 5.91 Å².